The molecule has 0 saturated heterocycles. The summed E-state index contributed by atoms with van der Waals surface area (Å²) < 4.78 is 0. The van der Waals surface area contributed by atoms with Crippen molar-refractivity contribution in [2.45, 2.75) is 39.2 Å². The van der Waals surface area contributed by atoms with Gasteiger partial charge in [-0.1, -0.05) is 0 Å². The second-order valence-electron chi connectivity index (χ2n) is 3.94. The Hall–Kier alpha value is -1.29. The number of hydrogen-bond donors (Lipinski definition) is 3. The fourth-order valence-corrected chi connectivity index (χ4v) is 1.75. The van der Waals surface area contributed by atoms with Crippen LogP contribution in [0.2, 0.25) is 0 Å². The van der Waals surface area contributed by atoms with E-state index in [9.17, 15) is 4.79 Å². The van der Waals surface area contributed by atoms with Crippen LogP contribution >= 0.6 is 0 Å². The molecule has 0 amide bonds. The summed E-state index contributed by atoms with van der Waals surface area (Å²) in [6, 6.07) is 1.96. The normalized spacial score (nSPS) is 12.7. The van der Waals surface area contributed by atoms with Gasteiger partial charge in [-0.05, 0) is 38.3 Å². The first-order valence-electron chi connectivity index (χ1n) is 5.14. The van der Waals surface area contributed by atoms with E-state index >= 15 is 0 Å². The van der Waals surface area contributed by atoms with E-state index in [4.69, 9.17) is 10.8 Å². The largest absolute Gasteiger partial charge is 0.481 e. The van der Waals surface area contributed by atoms with Gasteiger partial charge in [-0.25, -0.2) is 0 Å². The van der Waals surface area contributed by atoms with Crippen molar-refractivity contribution in [2.75, 3.05) is 0 Å². The van der Waals surface area contributed by atoms with E-state index in [-0.39, 0.29) is 12.5 Å². The zero-order chi connectivity index (χ0) is 11.4. The Morgan fingerprint density at radius 2 is 2.27 bits per heavy atom. The van der Waals surface area contributed by atoms with Crippen molar-refractivity contribution < 1.29 is 9.90 Å². The lowest BCUT2D eigenvalue weighted by molar-refractivity contribution is -0.137. The molecule has 4 heteroatoms. The summed E-state index contributed by atoms with van der Waals surface area (Å²) in [6.45, 7) is 4.00. The third-order valence-electron chi connectivity index (χ3n) is 2.47. The van der Waals surface area contributed by atoms with E-state index in [0.29, 0.717) is 12.8 Å². The number of aromatic amines is 1. The van der Waals surface area contributed by atoms with Crippen LogP contribution in [0.4, 0.5) is 0 Å². The van der Waals surface area contributed by atoms with Crippen LogP contribution in [0.3, 0.4) is 0 Å². The average Bonchev–Trinajstić information content (AvgIpc) is 2.44. The summed E-state index contributed by atoms with van der Waals surface area (Å²) in [7, 11) is 0. The predicted octanol–water partition coefficient (Wildman–Crippen LogP) is 1.89. The van der Waals surface area contributed by atoms with Gasteiger partial charge < -0.3 is 15.8 Å². The molecule has 0 fully saturated rings. The molecule has 0 aliphatic heterocycles. The molecule has 0 bridgehead atoms. The number of rotatable bonds is 5. The molecule has 0 spiro atoms. The zero-order valence-corrected chi connectivity index (χ0v) is 9.21. The Morgan fingerprint density at radius 3 is 2.73 bits per heavy atom. The topological polar surface area (TPSA) is 79.1 Å². The van der Waals surface area contributed by atoms with E-state index in [1.54, 1.807) is 0 Å². The molecule has 15 heavy (non-hydrogen) atoms. The van der Waals surface area contributed by atoms with Gasteiger partial charge in [0.2, 0.25) is 0 Å². The second kappa shape index (κ2) is 4.98. The molecule has 0 aromatic carbocycles. The average molecular weight is 210 g/mol. The van der Waals surface area contributed by atoms with Gasteiger partial charge in [-0.2, -0.15) is 0 Å². The van der Waals surface area contributed by atoms with Crippen LogP contribution in [-0.2, 0) is 4.79 Å². The van der Waals surface area contributed by atoms with Gasteiger partial charge in [0.05, 0.1) is 0 Å². The smallest absolute Gasteiger partial charge is 0.303 e. The molecule has 1 heterocycles. The van der Waals surface area contributed by atoms with E-state index in [2.05, 4.69) is 4.98 Å². The highest BCUT2D eigenvalue weighted by molar-refractivity contribution is 5.66. The van der Waals surface area contributed by atoms with Crippen molar-refractivity contribution in [2.24, 2.45) is 5.73 Å². The van der Waals surface area contributed by atoms with Gasteiger partial charge in [0.1, 0.15) is 0 Å². The molecule has 0 aliphatic carbocycles. The van der Waals surface area contributed by atoms with Crippen LogP contribution in [0, 0.1) is 13.8 Å². The van der Waals surface area contributed by atoms with Crippen molar-refractivity contribution in [3.05, 3.63) is 23.0 Å². The van der Waals surface area contributed by atoms with E-state index in [0.717, 1.165) is 17.0 Å². The number of hydrogen-bond acceptors (Lipinski definition) is 2. The van der Waals surface area contributed by atoms with E-state index < -0.39 is 5.97 Å². The number of H-pyrrole nitrogens is 1. The molecule has 84 valence electrons. The number of aliphatic carboxylic acids is 1. The third kappa shape index (κ3) is 3.40. The number of carboxylic acids is 1. The molecule has 0 unspecified atom stereocenters. The van der Waals surface area contributed by atoms with Gasteiger partial charge in [-0.15, -0.1) is 0 Å². The summed E-state index contributed by atoms with van der Waals surface area (Å²) in [5.74, 6) is -0.762. The molecule has 0 aliphatic rings. The maximum atomic E-state index is 10.3. The van der Waals surface area contributed by atoms with Crippen molar-refractivity contribution in [3.8, 4) is 0 Å². The van der Waals surface area contributed by atoms with Gasteiger partial charge >= 0.3 is 5.97 Å². The lowest BCUT2D eigenvalue weighted by Gasteiger charge is -2.10. The first-order chi connectivity index (χ1) is 7.00. The fraction of sp³-hybridized carbons (Fsp3) is 0.545. The lowest BCUT2D eigenvalue weighted by atomic mass is 10.0. The minimum absolute atomic E-state index is 0.0851. The molecule has 1 rings (SSSR count). The minimum Gasteiger partial charge on any atom is -0.481 e. The number of carbonyl (C=O) groups is 1. The van der Waals surface area contributed by atoms with Crippen LogP contribution in [0.25, 0.3) is 0 Å². The third-order valence-corrected chi connectivity index (χ3v) is 2.47. The van der Waals surface area contributed by atoms with Crippen LogP contribution in [-0.4, -0.2) is 16.1 Å². The highest BCUT2D eigenvalue weighted by Crippen LogP contribution is 2.20. The monoisotopic (exact) mass is 210 g/mol. The van der Waals surface area contributed by atoms with Gasteiger partial charge in [0, 0.05) is 23.9 Å². The van der Waals surface area contributed by atoms with E-state index in [1.807, 2.05) is 19.9 Å². The second-order valence-corrected chi connectivity index (χ2v) is 3.94. The predicted molar refractivity (Wildman–Crippen MR) is 58.7 cm³/mol. The molecule has 4 nitrogen and oxygen atoms in total. The van der Waals surface area contributed by atoms with Crippen LogP contribution in [0.5, 0.6) is 0 Å². The Kier molecular flexibility index (Phi) is 3.91. The number of nitrogens with one attached hydrogen (secondary N) is 1. The molecule has 1 aromatic rings. The summed E-state index contributed by atoms with van der Waals surface area (Å²) >= 11 is 0. The standard InChI is InChI=1S/C11H18N2O2/c1-7-6-8(2)13-11(7)9(12)4-3-5-10(14)15/h6,9,13H,3-5,12H2,1-2H3,(H,14,15)/t9-/m1/s1. The van der Waals surface area contributed by atoms with Crippen molar-refractivity contribution >= 4 is 5.97 Å². The molecule has 1 aromatic heterocycles. The summed E-state index contributed by atoms with van der Waals surface area (Å²) in [4.78, 5) is 13.5. The quantitative estimate of drug-likeness (QED) is 0.694. The Bertz CT molecular complexity index is 344. The molecule has 4 N–H and O–H groups in total. The van der Waals surface area contributed by atoms with Crippen molar-refractivity contribution in [1.29, 1.82) is 0 Å². The zero-order valence-electron chi connectivity index (χ0n) is 9.21. The molecule has 1 atom stereocenters. The number of aryl methyl sites for hydroxylation is 2. The summed E-state index contributed by atoms with van der Waals surface area (Å²) in [5, 5.41) is 8.51. The lowest BCUT2D eigenvalue weighted by Crippen LogP contribution is -2.12. The van der Waals surface area contributed by atoms with Gasteiger partial charge in [0.25, 0.3) is 0 Å². The fourth-order valence-electron chi connectivity index (χ4n) is 1.75. The highest BCUT2D eigenvalue weighted by atomic mass is 16.4. The van der Waals surface area contributed by atoms with Gasteiger partial charge in [-0.3, -0.25) is 4.79 Å². The molecular weight excluding hydrogens is 192 g/mol. The molecule has 0 radical (unpaired) electrons. The highest BCUT2D eigenvalue weighted by Gasteiger charge is 2.11. The molecular formula is C11H18N2O2. The van der Waals surface area contributed by atoms with Crippen molar-refractivity contribution in [1.82, 2.24) is 4.98 Å². The number of aromatic nitrogens is 1. The van der Waals surface area contributed by atoms with Crippen LogP contribution in [0.1, 0.15) is 42.3 Å². The Balaban J connectivity index is 2.50. The number of carboxylic acid groups (broad SMARTS) is 1. The maximum Gasteiger partial charge on any atom is 0.303 e. The Labute approximate surface area is 89.5 Å². The van der Waals surface area contributed by atoms with Crippen LogP contribution < -0.4 is 5.73 Å². The summed E-state index contributed by atoms with van der Waals surface area (Å²) in [5.41, 5.74) is 9.24. The van der Waals surface area contributed by atoms with Crippen LogP contribution in [0.15, 0.2) is 6.07 Å². The van der Waals surface area contributed by atoms with Crippen molar-refractivity contribution in [3.63, 3.8) is 0 Å². The number of nitrogens with two attached hydrogens (primary N) is 1. The Morgan fingerprint density at radius 1 is 1.60 bits per heavy atom. The van der Waals surface area contributed by atoms with Gasteiger partial charge in [0.15, 0.2) is 0 Å². The van der Waals surface area contributed by atoms with E-state index in [1.165, 1.54) is 0 Å². The summed E-state index contributed by atoms with van der Waals surface area (Å²) in [6.07, 6.45) is 1.51. The first-order valence-corrected chi connectivity index (χ1v) is 5.14. The minimum atomic E-state index is -0.762. The molecule has 0 saturated carbocycles. The SMILES string of the molecule is Cc1cc(C)c([C@H](N)CCCC(=O)O)[nH]1. The first kappa shape index (κ1) is 11.8. The maximum absolute atomic E-state index is 10.3.